The Morgan fingerprint density at radius 3 is 2.50 bits per heavy atom. The van der Waals surface area contributed by atoms with Gasteiger partial charge in [0.2, 0.25) is 0 Å². The summed E-state index contributed by atoms with van der Waals surface area (Å²) in [6.07, 6.45) is 5.81. The highest BCUT2D eigenvalue weighted by atomic mass is 16.4. The predicted molar refractivity (Wildman–Crippen MR) is 67.3 cm³/mol. The van der Waals surface area contributed by atoms with E-state index < -0.39 is 11.9 Å². The lowest BCUT2D eigenvalue weighted by atomic mass is 9.84. The molecule has 2 aliphatic rings. The van der Waals surface area contributed by atoms with Crippen LogP contribution in [0.15, 0.2) is 0 Å². The third-order valence-electron chi connectivity index (χ3n) is 3.97. The van der Waals surface area contributed by atoms with E-state index in [1.165, 1.54) is 12.8 Å². The second-order valence-corrected chi connectivity index (χ2v) is 5.61. The molecular formula is C13H22N2O3. The van der Waals surface area contributed by atoms with Crippen molar-refractivity contribution in [3.8, 4) is 0 Å². The molecule has 0 aromatic heterocycles. The first-order valence-electron chi connectivity index (χ1n) is 6.82. The highest BCUT2D eigenvalue weighted by molar-refractivity contribution is 5.76. The maximum absolute atomic E-state index is 12.0. The van der Waals surface area contributed by atoms with Crippen molar-refractivity contribution in [2.24, 2.45) is 11.8 Å². The molecular weight excluding hydrogens is 232 g/mol. The SMILES string of the molecule is CN(CC1CC1)C(=O)NC1CCCCC1C(=O)O. The zero-order chi connectivity index (χ0) is 13.1. The highest BCUT2D eigenvalue weighted by Gasteiger charge is 2.33. The molecule has 102 valence electrons. The topological polar surface area (TPSA) is 69.6 Å². The van der Waals surface area contributed by atoms with E-state index in [0.29, 0.717) is 12.3 Å². The number of carboxylic acids is 1. The molecule has 0 aromatic rings. The van der Waals surface area contributed by atoms with Crippen molar-refractivity contribution in [3.05, 3.63) is 0 Å². The number of carbonyl (C=O) groups is 2. The zero-order valence-corrected chi connectivity index (χ0v) is 10.9. The van der Waals surface area contributed by atoms with Gasteiger partial charge in [-0.1, -0.05) is 12.8 Å². The summed E-state index contributed by atoms with van der Waals surface area (Å²) in [4.78, 5) is 24.8. The van der Waals surface area contributed by atoms with Crippen LogP contribution in [0.4, 0.5) is 4.79 Å². The molecule has 0 radical (unpaired) electrons. The summed E-state index contributed by atoms with van der Waals surface area (Å²) in [5.41, 5.74) is 0. The standard InChI is InChI=1S/C13H22N2O3/c1-15(8-9-6-7-9)13(18)14-11-5-3-2-4-10(11)12(16)17/h9-11H,2-8H2,1H3,(H,14,18)(H,16,17). The maximum Gasteiger partial charge on any atom is 0.317 e. The molecule has 2 aliphatic carbocycles. The second-order valence-electron chi connectivity index (χ2n) is 5.61. The number of carbonyl (C=O) groups excluding carboxylic acids is 1. The molecule has 0 spiro atoms. The molecule has 2 atom stereocenters. The van der Waals surface area contributed by atoms with Crippen molar-refractivity contribution >= 4 is 12.0 Å². The number of amides is 2. The third-order valence-corrected chi connectivity index (χ3v) is 3.97. The zero-order valence-electron chi connectivity index (χ0n) is 10.9. The molecule has 2 rings (SSSR count). The minimum absolute atomic E-state index is 0.125. The fourth-order valence-corrected chi connectivity index (χ4v) is 2.64. The molecule has 5 heteroatoms. The smallest absolute Gasteiger partial charge is 0.317 e. The summed E-state index contributed by atoms with van der Waals surface area (Å²) in [6.45, 7) is 0.788. The van der Waals surface area contributed by atoms with Gasteiger partial charge in [-0.3, -0.25) is 4.79 Å². The summed E-state index contributed by atoms with van der Waals surface area (Å²) in [5, 5.41) is 12.0. The monoisotopic (exact) mass is 254 g/mol. The Hall–Kier alpha value is -1.26. The van der Waals surface area contributed by atoms with Crippen LogP contribution in [0.2, 0.25) is 0 Å². The van der Waals surface area contributed by atoms with E-state index in [4.69, 9.17) is 5.11 Å². The lowest BCUT2D eigenvalue weighted by Crippen LogP contribution is -2.49. The molecule has 2 fully saturated rings. The van der Waals surface area contributed by atoms with Crippen LogP contribution in [0.5, 0.6) is 0 Å². The Kier molecular flexibility index (Phi) is 4.09. The van der Waals surface area contributed by atoms with Crippen LogP contribution < -0.4 is 5.32 Å². The maximum atomic E-state index is 12.0. The molecule has 5 nitrogen and oxygen atoms in total. The molecule has 0 saturated heterocycles. The Morgan fingerprint density at radius 2 is 1.89 bits per heavy atom. The minimum Gasteiger partial charge on any atom is -0.481 e. The van der Waals surface area contributed by atoms with Gasteiger partial charge in [0.15, 0.2) is 0 Å². The molecule has 0 aliphatic heterocycles. The van der Waals surface area contributed by atoms with E-state index in [1.54, 1.807) is 11.9 Å². The van der Waals surface area contributed by atoms with E-state index in [0.717, 1.165) is 25.8 Å². The number of urea groups is 1. The van der Waals surface area contributed by atoms with Gasteiger partial charge in [0.25, 0.3) is 0 Å². The van der Waals surface area contributed by atoms with Gasteiger partial charge in [-0.15, -0.1) is 0 Å². The van der Waals surface area contributed by atoms with Crippen molar-refractivity contribution in [2.45, 2.75) is 44.6 Å². The number of nitrogens with one attached hydrogen (secondary N) is 1. The van der Waals surface area contributed by atoms with Gasteiger partial charge in [0.05, 0.1) is 5.92 Å². The summed E-state index contributed by atoms with van der Waals surface area (Å²) in [7, 11) is 1.78. The average Bonchev–Trinajstić information content (AvgIpc) is 3.13. The Morgan fingerprint density at radius 1 is 1.22 bits per heavy atom. The van der Waals surface area contributed by atoms with Gasteiger partial charge in [-0.25, -0.2) is 4.79 Å². The quantitative estimate of drug-likeness (QED) is 0.802. The van der Waals surface area contributed by atoms with Gasteiger partial charge >= 0.3 is 12.0 Å². The fraction of sp³-hybridized carbons (Fsp3) is 0.846. The number of hydrogen-bond acceptors (Lipinski definition) is 2. The Labute approximate surface area is 108 Å². The third kappa shape index (κ3) is 3.37. The van der Waals surface area contributed by atoms with Crippen LogP contribution in [0.3, 0.4) is 0 Å². The first-order valence-corrected chi connectivity index (χ1v) is 6.82. The van der Waals surface area contributed by atoms with E-state index in [9.17, 15) is 9.59 Å². The van der Waals surface area contributed by atoms with Crippen molar-refractivity contribution in [2.75, 3.05) is 13.6 Å². The molecule has 0 bridgehead atoms. The van der Waals surface area contributed by atoms with E-state index in [1.807, 2.05) is 0 Å². The molecule has 2 unspecified atom stereocenters. The number of aliphatic carboxylic acids is 1. The predicted octanol–water partition coefficient (Wildman–Crippen LogP) is 1.68. The normalized spacial score (nSPS) is 27.6. The number of hydrogen-bond donors (Lipinski definition) is 2. The van der Waals surface area contributed by atoms with Crippen molar-refractivity contribution in [1.82, 2.24) is 10.2 Å². The Bertz CT molecular complexity index is 328. The van der Waals surface area contributed by atoms with Crippen molar-refractivity contribution in [3.63, 3.8) is 0 Å². The van der Waals surface area contributed by atoms with Crippen LogP contribution in [0.25, 0.3) is 0 Å². The van der Waals surface area contributed by atoms with Crippen LogP contribution in [-0.4, -0.2) is 41.6 Å². The van der Waals surface area contributed by atoms with Crippen molar-refractivity contribution in [1.29, 1.82) is 0 Å². The van der Waals surface area contributed by atoms with Gasteiger partial charge in [0.1, 0.15) is 0 Å². The largest absolute Gasteiger partial charge is 0.481 e. The fourth-order valence-electron chi connectivity index (χ4n) is 2.64. The van der Waals surface area contributed by atoms with Crippen LogP contribution in [-0.2, 0) is 4.79 Å². The highest BCUT2D eigenvalue weighted by Crippen LogP contribution is 2.29. The second kappa shape index (κ2) is 5.59. The molecule has 2 saturated carbocycles. The molecule has 0 heterocycles. The molecule has 18 heavy (non-hydrogen) atoms. The van der Waals surface area contributed by atoms with Gasteiger partial charge < -0.3 is 15.3 Å². The van der Waals surface area contributed by atoms with Gasteiger partial charge in [-0.05, 0) is 31.6 Å². The number of carboxylic acid groups (broad SMARTS) is 1. The first-order chi connectivity index (χ1) is 8.58. The summed E-state index contributed by atoms with van der Waals surface area (Å²) in [6, 6.07) is -0.328. The number of nitrogens with zero attached hydrogens (tertiary/aromatic N) is 1. The van der Waals surface area contributed by atoms with Crippen LogP contribution in [0, 0.1) is 11.8 Å². The number of rotatable bonds is 4. The molecule has 2 N–H and O–H groups in total. The van der Waals surface area contributed by atoms with Crippen LogP contribution in [0.1, 0.15) is 38.5 Å². The van der Waals surface area contributed by atoms with E-state index in [-0.39, 0.29) is 12.1 Å². The van der Waals surface area contributed by atoms with Crippen molar-refractivity contribution < 1.29 is 14.7 Å². The van der Waals surface area contributed by atoms with E-state index in [2.05, 4.69) is 5.32 Å². The Balaban J connectivity index is 1.85. The lowest BCUT2D eigenvalue weighted by molar-refractivity contribution is -0.143. The van der Waals surface area contributed by atoms with Crippen LogP contribution >= 0.6 is 0 Å². The molecule has 2 amide bonds. The first kappa shape index (κ1) is 13.2. The minimum atomic E-state index is -0.787. The summed E-state index contributed by atoms with van der Waals surface area (Å²) >= 11 is 0. The molecule has 0 aromatic carbocycles. The van der Waals surface area contributed by atoms with Gasteiger partial charge in [-0.2, -0.15) is 0 Å². The summed E-state index contributed by atoms with van der Waals surface area (Å²) < 4.78 is 0. The summed E-state index contributed by atoms with van der Waals surface area (Å²) in [5.74, 6) is -0.552. The average molecular weight is 254 g/mol. The van der Waals surface area contributed by atoms with Gasteiger partial charge in [0, 0.05) is 19.6 Å². The lowest BCUT2D eigenvalue weighted by Gasteiger charge is -2.31. The van der Waals surface area contributed by atoms with E-state index >= 15 is 0 Å².